The number of aromatic nitrogens is 1. The van der Waals surface area contributed by atoms with Crippen LogP contribution < -0.4 is 15.0 Å². The Hall–Kier alpha value is -1.82. The second kappa shape index (κ2) is 7.20. The van der Waals surface area contributed by atoms with Gasteiger partial charge in [0.1, 0.15) is 5.75 Å². The van der Waals surface area contributed by atoms with Gasteiger partial charge in [0, 0.05) is 19.1 Å². The number of carbonyl (C=O) groups excluding carboxylic acids is 1. The zero-order chi connectivity index (χ0) is 17.2. The highest BCUT2D eigenvalue weighted by Gasteiger charge is 2.29. The van der Waals surface area contributed by atoms with Gasteiger partial charge in [0.05, 0.1) is 23.2 Å². The minimum atomic E-state index is 0.0795. The summed E-state index contributed by atoms with van der Waals surface area (Å²) in [6.07, 6.45) is 6.80. The fourth-order valence-corrected chi connectivity index (χ4v) is 4.94. The van der Waals surface area contributed by atoms with E-state index in [2.05, 4.69) is 10.2 Å². The maximum Gasteiger partial charge on any atom is 0.225 e. The molecule has 1 N–H and O–H groups in total. The first-order chi connectivity index (χ1) is 12.2. The summed E-state index contributed by atoms with van der Waals surface area (Å²) in [5, 5.41) is 4.28. The summed E-state index contributed by atoms with van der Waals surface area (Å²) in [6.45, 7) is 1.75. The van der Waals surface area contributed by atoms with E-state index in [0.29, 0.717) is 6.04 Å². The molecule has 2 aliphatic rings. The number of fused-ring (bicyclic) bond motifs is 1. The smallest absolute Gasteiger partial charge is 0.225 e. The van der Waals surface area contributed by atoms with Crippen LogP contribution in [-0.2, 0) is 4.79 Å². The van der Waals surface area contributed by atoms with Gasteiger partial charge in [-0.15, -0.1) is 0 Å². The maximum absolute atomic E-state index is 12.6. The molecule has 5 nitrogen and oxygen atoms in total. The molecule has 1 amide bonds. The van der Waals surface area contributed by atoms with Crippen molar-refractivity contribution in [2.75, 3.05) is 25.1 Å². The van der Waals surface area contributed by atoms with Crippen LogP contribution in [0, 0.1) is 5.92 Å². The normalized spacial score (nSPS) is 21.6. The molecule has 1 saturated carbocycles. The highest BCUT2D eigenvalue weighted by atomic mass is 32.1. The molecule has 0 spiro atoms. The molecule has 1 atom stereocenters. The van der Waals surface area contributed by atoms with Crippen molar-refractivity contribution in [2.24, 2.45) is 5.92 Å². The van der Waals surface area contributed by atoms with E-state index in [4.69, 9.17) is 9.72 Å². The number of nitrogens with one attached hydrogen (secondary N) is 1. The molecule has 0 radical (unpaired) electrons. The Bertz CT molecular complexity index is 754. The van der Waals surface area contributed by atoms with Crippen LogP contribution in [0.5, 0.6) is 5.75 Å². The number of thiazole rings is 1. The monoisotopic (exact) mass is 359 g/mol. The van der Waals surface area contributed by atoms with Gasteiger partial charge in [-0.3, -0.25) is 4.79 Å². The van der Waals surface area contributed by atoms with Gasteiger partial charge in [0.15, 0.2) is 5.13 Å². The van der Waals surface area contributed by atoms with Gasteiger partial charge in [0.2, 0.25) is 5.91 Å². The standard InChI is InChI=1S/C19H25N3O2S/c1-24-15-8-9-16-17(11-15)25-19(21-16)22-10-4-5-13(12-22)18(23)20-14-6-2-3-7-14/h8-9,11,13-14H,2-7,10,12H2,1H3,(H,20,23). The molecule has 2 fully saturated rings. The molecule has 1 aliphatic carbocycles. The summed E-state index contributed by atoms with van der Waals surface area (Å²) in [5.74, 6) is 1.17. The first-order valence-electron chi connectivity index (χ1n) is 9.23. The van der Waals surface area contributed by atoms with Crippen molar-refractivity contribution >= 4 is 32.6 Å². The maximum atomic E-state index is 12.6. The van der Waals surface area contributed by atoms with Crippen molar-refractivity contribution < 1.29 is 9.53 Å². The van der Waals surface area contributed by atoms with Crippen molar-refractivity contribution in [3.8, 4) is 5.75 Å². The van der Waals surface area contributed by atoms with Crippen molar-refractivity contribution in [2.45, 2.75) is 44.6 Å². The SMILES string of the molecule is COc1ccc2nc(N3CCCC(C(=O)NC4CCCC4)C3)sc2c1. The fourth-order valence-electron chi connectivity index (χ4n) is 3.91. The number of hydrogen-bond acceptors (Lipinski definition) is 5. The van der Waals surface area contributed by atoms with Crippen LogP contribution in [0.1, 0.15) is 38.5 Å². The number of carbonyl (C=O) groups is 1. The predicted molar refractivity (Wildman–Crippen MR) is 102 cm³/mol. The van der Waals surface area contributed by atoms with Gasteiger partial charge < -0.3 is 15.0 Å². The first-order valence-corrected chi connectivity index (χ1v) is 10.0. The number of benzene rings is 1. The summed E-state index contributed by atoms with van der Waals surface area (Å²) in [5.41, 5.74) is 0.998. The van der Waals surface area contributed by atoms with E-state index in [1.165, 1.54) is 12.8 Å². The topological polar surface area (TPSA) is 54.5 Å². The summed E-state index contributed by atoms with van der Waals surface area (Å²) in [6, 6.07) is 6.38. The zero-order valence-corrected chi connectivity index (χ0v) is 15.5. The van der Waals surface area contributed by atoms with Crippen LogP contribution in [0.2, 0.25) is 0 Å². The molecule has 1 saturated heterocycles. The van der Waals surface area contributed by atoms with Crippen LogP contribution in [-0.4, -0.2) is 37.1 Å². The molecule has 2 heterocycles. The Morgan fingerprint density at radius 3 is 2.92 bits per heavy atom. The highest BCUT2D eigenvalue weighted by molar-refractivity contribution is 7.22. The Balaban J connectivity index is 1.46. The highest BCUT2D eigenvalue weighted by Crippen LogP contribution is 2.33. The third kappa shape index (κ3) is 3.59. The number of ether oxygens (including phenoxy) is 1. The number of methoxy groups -OCH3 is 1. The van der Waals surface area contributed by atoms with Gasteiger partial charge in [-0.2, -0.15) is 0 Å². The van der Waals surface area contributed by atoms with Crippen LogP contribution in [0.4, 0.5) is 5.13 Å². The van der Waals surface area contributed by atoms with Gasteiger partial charge in [-0.25, -0.2) is 4.98 Å². The fraction of sp³-hybridized carbons (Fsp3) is 0.579. The predicted octanol–water partition coefficient (Wildman–Crippen LogP) is 3.58. The number of anilines is 1. The Labute approximate surface area is 152 Å². The largest absolute Gasteiger partial charge is 0.497 e. The minimum absolute atomic E-state index is 0.0795. The van der Waals surface area contributed by atoms with Crippen molar-refractivity contribution in [3.05, 3.63) is 18.2 Å². The van der Waals surface area contributed by atoms with Gasteiger partial charge in [0.25, 0.3) is 0 Å². The summed E-state index contributed by atoms with van der Waals surface area (Å²) < 4.78 is 6.43. The molecule has 1 unspecified atom stereocenters. The number of hydrogen-bond donors (Lipinski definition) is 1. The molecule has 1 aromatic carbocycles. The van der Waals surface area contributed by atoms with Gasteiger partial charge in [-0.1, -0.05) is 24.2 Å². The number of amides is 1. The quantitative estimate of drug-likeness (QED) is 0.906. The molecule has 134 valence electrons. The van der Waals surface area contributed by atoms with Crippen LogP contribution in [0.3, 0.4) is 0 Å². The van der Waals surface area contributed by atoms with Crippen LogP contribution in [0.25, 0.3) is 10.2 Å². The molecule has 1 aliphatic heterocycles. The van der Waals surface area contributed by atoms with E-state index >= 15 is 0 Å². The van der Waals surface area contributed by atoms with Crippen molar-refractivity contribution in [3.63, 3.8) is 0 Å². The first kappa shape index (κ1) is 16.6. The molecular formula is C19H25N3O2S. The van der Waals surface area contributed by atoms with Gasteiger partial charge in [-0.05, 0) is 43.9 Å². The second-order valence-corrected chi connectivity index (χ2v) is 8.11. The minimum Gasteiger partial charge on any atom is -0.497 e. The lowest BCUT2D eigenvalue weighted by Crippen LogP contribution is -2.45. The Morgan fingerprint density at radius 1 is 1.28 bits per heavy atom. The lowest BCUT2D eigenvalue weighted by atomic mass is 9.97. The summed E-state index contributed by atoms with van der Waals surface area (Å²) in [4.78, 5) is 19.7. The molecule has 6 heteroatoms. The molecular weight excluding hydrogens is 334 g/mol. The van der Waals surface area contributed by atoms with Gasteiger partial charge >= 0.3 is 0 Å². The average Bonchev–Trinajstić information content (AvgIpc) is 3.30. The lowest BCUT2D eigenvalue weighted by Gasteiger charge is -2.32. The molecule has 1 aromatic heterocycles. The second-order valence-electron chi connectivity index (χ2n) is 7.11. The van der Waals surface area contributed by atoms with Crippen LogP contribution >= 0.6 is 11.3 Å². The summed E-state index contributed by atoms with van der Waals surface area (Å²) in [7, 11) is 1.68. The molecule has 0 bridgehead atoms. The summed E-state index contributed by atoms with van der Waals surface area (Å²) >= 11 is 1.68. The van der Waals surface area contributed by atoms with Crippen LogP contribution in [0.15, 0.2) is 18.2 Å². The van der Waals surface area contributed by atoms with E-state index in [0.717, 1.165) is 59.9 Å². The number of rotatable bonds is 4. The van der Waals surface area contributed by atoms with E-state index in [-0.39, 0.29) is 11.8 Å². The third-order valence-corrected chi connectivity index (χ3v) is 6.43. The number of nitrogens with zero attached hydrogens (tertiary/aromatic N) is 2. The Morgan fingerprint density at radius 2 is 2.12 bits per heavy atom. The van der Waals surface area contributed by atoms with Crippen molar-refractivity contribution in [1.29, 1.82) is 0 Å². The van der Waals surface area contributed by atoms with Crippen molar-refractivity contribution in [1.82, 2.24) is 10.3 Å². The van der Waals surface area contributed by atoms with E-state index < -0.39 is 0 Å². The van der Waals surface area contributed by atoms with E-state index in [1.807, 2.05) is 18.2 Å². The van der Waals surface area contributed by atoms with E-state index in [1.54, 1.807) is 18.4 Å². The van der Waals surface area contributed by atoms with E-state index in [9.17, 15) is 4.79 Å². The Kier molecular flexibility index (Phi) is 4.79. The molecule has 25 heavy (non-hydrogen) atoms. The lowest BCUT2D eigenvalue weighted by molar-refractivity contribution is -0.125. The zero-order valence-electron chi connectivity index (χ0n) is 14.7. The average molecular weight is 359 g/mol. The molecule has 2 aromatic rings. The third-order valence-electron chi connectivity index (χ3n) is 5.35. The number of piperidine rings is 1. The molecule has 4 rings (SSSR count).